The number of rotatable bonds is 5. The monoisotopic (exact) mass is 205 g/mol. The van der Waals surface area contributed by atoms with E-state index in [0.717, 1.165) is 13.1 Å². The van der Waals surface area contributed by atoms with E-state index in [4.69, 9.17) is 5.11 Å². The van der Waals surface area contributed by atoms with Crippen LogP contribution in [0.4, 0.5) is 0 Å². The fourth-order valence-electron chi connectivity index (χ4n) is 2.25. The summed E-state index contributed by atoms with van der Waals surface area (Å²) in [7, 11) is 2.08. The predicted octanol–water partition coefficient (Wildman–Crippen LogP) is 1.64. The number of hydrogen-bond donors (Lipinski definition) is 1. The molecular weight excluding hydrogens is 186 g/mol. The van der Waals surface area contributed by atoms with E-state index in [-0.39, 0.29) is 6.61 Å². The SMILES string of the molecule is CN(CCO)CC1(c2ccccc2)CC1. The molecule has 0 bridgehead atoms. The summed E-state index contributed by atoms with van der Waals surface area (Å²) in [6.07, 6.45) is 2.57. The highest BCUT2D eigenvalue weighted by atomic mass is 16.3. The quantitative estimate of drug-likeness (QED) is 0.790. The normalized spacial score (nSPS) is 18.1. The first kappa shape index (κ1) is 10.7. The van der Waals surface area contributed by atoms with Gasteiger partial charge in [-0.1, -0.05) is 30.3 Å². The van der Waals surface area contributed by atoms with Crippen LogP contribution < -0.4 is 0 Å². The second kappa shape index (κ2) is 4.33. The molecular formula is C13H19NO. The van der Waals surface area contributed by atoms with Crippen LogP contribution in [0.15, 0.2) is 30.3 Å². The van der Waals surface area contributed by atoms with Crippen molar-refractivity contribution in [2.24, 2.45) is 0 Å². The second-order valence-electron chi connectivity index (χ2n) is 4.61. The van der Waals surface area contributed by atoms with Crippen molar-refractivity contribution in [3.8, 4) is 0 Å². The summed E-state index contributed by atoms with van der Waals surface area (Å²) in [4.78, 5) is 2.22. The molecule has 1 fully saturated rings. The molecule has 2 nitrogen and oxygen atoms in total. The predicted molar refractivity (Wildman–Crippen MR) is 61.9 cm³/mol. The van der Waals surface area contributed by atoms with Crippen LogP contribution in [0.5, 0.6) is 0 Å². The fourth-order valence-corrected chi connectivity index (χ4v) is 2.25. The van der Waals surface area contributed by atoms with E-state index in [9.17, 15) is 0 Å². The lowest BCUT2D eigenvalue weighted by atomic mass is 9.95. The van der Waals surface area contributed by atoms with Crippen molar-refractivity contribution in [3.63, 3.8) is 0 Å². The van der Waals surface area contributed by atoms with Crippen LogP contribution >= 0.6 is 0 Å². The Kier molecular flexibility index (Phi) is 3.08. The Balaban J connectivity index is 2.02. The molecule has 0 aromatic heterocycles. The molecule has 0 amide bonds. The third kappa shape index (κ3) is 2.39. The molecule has 0 heterocycles. The van der Waals surface area contributed by atoms with Gasteiger partial charge in [0.15, 0.2) is 0 Å². The minimum absolute atomic E-state index is 0.251. The number of benzene rings is 1. The maximum absolute atomic E-state index is 8.88. The van der Waals surface area contributed by atoms with Crippen LogP contribution in [0.2, 0.25) is 0 Å². The maximum atomic E-state index is 8.88. The molecule has 0 aliphatic heterocycles. The van der Waals surface area contributed by atoms with E-state index >= 15 is 0 Å². The summed E-state index contributed by atoms with van der Waals surface area (Å²) in [5, 5.41) is 8.88. The Hall–Kier alpha value is -0.860. The molecule has 1 N–H and O–H groups in total. The van der Waals surface area contributed by atoms with Gasteiger partial charge in [-0.3, -0.25) is 0 Å². The standard InChI is InChI=1S/C13H19NO/c1-14(9-10-15)11-13(7-8-13)12-5-3-2-4-6-12/h2-6,15H,7-11H2,1H3. The third-order valence-corrected chi connectivity index (χ3v) is 3.29. The van der Waals surface area contributed by atoms with E-state index in [1.54, 1.807) is 0 Å². The van der Waals surface area contributed by atoms with Gasteiger partial charge in [-0.25, -0.2) is 0 Å². The highest BCUT2D eigenvalue weighted by molar-refractivity contribution is 5.31. The molecule has 1 aliphatic carbocycles. The van der Waals surface area contributed by atoms with Crippen molar-refractivity contribution in [1.29, 1.82) is 0 Å². The van der Waals surface area contributed by atoms with Gasteiger partial charge >= 0.3 is 0 Å². The van der Waals surface area contributed by atoms with Crippen LogP contribution in [0, 0.1) is 0 Å². The molecule has 15 heavy (non-hydrogen) atoms. The number of likely N-dealkylation sites (N-methyl/N-ethyl adjacent to an activating group) is 1. The zero-order chi connectivity index (χ0) is 10.7. The Morgan fingerprint density at radius 2 is 1.93 bits per heavy atom. The highest BCUT2D eigenvalue weighted by Gasteiger charge is 2.44. The molecule has 1 saturated carbocycles. The van der Waals surface area contributed by atoms with Gasteiger partial charge < -0.3 is 10.0 Å². The van der Waals surface area contributed by atoms with Gasteiger partial charge in [0.1, 0.15) is 0 Å². The molecule has 82 valence electrons. The Bertz CT molecular complexity index is 306. The number of hydrogen-bond acceptors (Lipinski definition) is 2. The second-order valence-corrected chi connectivity index (χ2v) is 4.61. The van der Waals surface area contributed by atoms with E-state index in [1.165, 1.54) is 18.4 Å². The molecule has 2 rings (SSSR count). The highest BCUT2D eigenvalue weighted by Crippen LogP contribution is 2.48. The Morgan fingerprint density at radius 1 is 1.27 bits per heavy atom. The molecule has 0 radical (unpaired) electrons. The molecule has 2 heteroatoms. The summed E-state index contributed by atoms with van der Waals surface area (Å²) in [6, 6.07) is 10.7. The first-order valence-corrected chi connectivity index (χ1v) is 5.62. The molecule has 1 aliphatic rings. The van der Waals surface area contributed by atoms with Gasteiger partial charge in [0, 0.05) is 18.5 Å². The number of aliphatic hydroxyl groups excluding tert-OH is 1. The van der Waals surface area contributed by atoms with Gasteiger partial charge in [-0.15, -0.1) is 0 Å². The lowest BCUT2D eigenvalue weighted by Crippen LogP contribution is -2.31. The van der Waals surface area contributed by atoms with Gasteiger partial charge in [-0.2, -0.15) is 0 Å². The van der Waals surface area contributed by atoms with Crippen molar-refractivity contribution < 1.29 is 5.11 Å². The van der Waals surface area contributed by atoms with Crippen molar-refractivity contribution in [2.75, 3.05) is 26.7 Å². The minimum Gasteiger partial charge on any atom is -0.395 e. The van der Waals surface area contributed by atoms with Crippen molar-refractivity contribution in [1.82, 2.24) is 4.90 Å². The molecule has 1 aromatic rings. The van der Waals surface area contributed by atoms with E-state index < -0.39 is 0 Å². The summed E-state index contributed by atoms with van der Waals surface area (Å²) < 4.78 is 0. The average Bonchev–Trinajstić information content (AvgIpc) is 3.01. The van der Waals surface area contributed by atoms with Gasteiger partial charge in [-0.05, 0) is 25.5 Å². The largest absolute Gasteiger partial charge is 0.395 e. The van der Waals surface area contributed by atoms with Crippen molar-refractivity contribution in [3.05, 3.63) is 35.9 Å². The average molecular weight is 205 g/mol. The van der Waals surface area contributed by atoms with Gasteiger partial charge in [0.05, 0.1) is 6.61 Å². The summed E-state index contributed by atoms with van der Waals surface area (Å²) in [5.74, 6) is 0. The molecule has 0 atom stereocenters. The van der Waals surface area contributed by atoms with E-state index in [2.05, 4.69) is 42.3 Å². The van der Waals surface area contributed by atoms with Gasteiger partial charge in [0.2, 0.25) is 0 Å². The van der Waals surface area contributed by atoms with E-state index in [1.807, 2.05) is 0 Å². The third-order valence-electron chi connectivity index (χ3n) is 3.29. The minimum atomic E-state index is 0.251. The molecule has 0 saturated heterocycles. The molecule has 0 spiro atoms. The Labute approximate surface area is 91.5 Å². The summed E-state index contributed by atoms with van der Waals surface area (Å²) >= 11 is 0. The maximum Gasteiger partial charge on any atom is 0.0558 e. The Morgan fingerprint density at radius 3 is 2.47 bits per heavy atom. The van der Waals surface area contributed by atoms with Crippen molar-refractivity contribution in [2.45, 2.75) is 18.3 Å². The lowest BCUT2D eigenvalue weighted by molar-refractivity contribution is 0.211. The lowest BCUT2D eigenvalue weighted by Gasteiger charge is -2.23. The fraction of sp³-hybridized carbons (Fsp3) is 0.538. The van der Waals surface area contributed by atoms with E-state index in [0.29, 0.717) is 5.41 Å². The molecule has 1 aromatic carbocycles. The smallest absolute Gasteiger partial charge is 0.0558 e. The zero-order valence-electron chi connectivity index (χ0n) is 9.32. The van der Waals surface area contributed by atoms with Crippen LogP contribution in [0.25, 0.3) is 0 Å². The zero-order valence-corrected chi connectivity index (χ0v) is 9.32. The first-order valence-electron chi connectivity index (χ1n) is 5.62. The van der Waals surface area contributed by atoms with Crippen LogP contribution in [0.1, 0.15) is 18.4 Å². The number of nitrogens with zero attached hydrogens (tertiary/aromatic N) is 1. The van der Waals surface area contributed by atoms with Crippen molar-refractivity contribution >= 4 is 0 Å². The van der Waals surface area contributed by atoms with Gasteiger partial charge in [0.25, 0.3) is 0 Å². The van der Waals surface area contributed by atoms with Crippen LogP contribution in [-0.4, -0.2) is 36.8 Å². The number of aliphatic hydroxyl groups is 1. The van der Waals surface area contributed by atoms with Crippen LogP contribution in [-0.2, 0) is 5.41 Å². The van der Waals surface area contributed by atoms with Crippen LogP contribution in [0.3, 0.4) is 0 Å². The first-order chi connectivity index (χ1) is 7.27. The molecule has 0 unspecified atom stereocenters. The summed E-state index contributed by atoms with van der Waals surface area (Å²) in [6.45, 7) is 2.09. The summed E-state index contributed by atoms with van der Waals surface area (Å²) in [5.41, 5.74) is 1.83. The topological polar surface area (TPSA) is 23.5 Å².